The molecule has 2 rings (SSSR count). The summed E-state index contributed by atoms with van der Waals surface area (Å²) in [7, 11) is 1.41. The van der Waals surface area contributed by atoms with E-state index in [0.717, 1.165) is 10.5 Å². The van der Waals surface area contributed by atoms with E-state index in [1.807, 2.05) is 0 Å². The standard InChI is InChI=1S/C14H11BrF2N2O2/c1-21-12-4-7(15)2-3-9(12)14(20)19-13-10(17)5-8(16)6-11(13)18/h2-6H,18H2,1H3,(H,19,20). The van der Waals surface area contributed by atoms with Crippen LogP contribution in [0.4, 0.5) is 20.2 Å². The molecule has 0 radical (unpaired) electrons. The molecule has 0 aliphatic heterocycles. The van der Waals surface area contributed by atoms with Gasteiger partial charge in [-0.2, -0.15) is 0 Å². The summed E-state index contributed by atoms with van der Waals surface area (Å²) in [4.78, 5) is 12.2. The Balaban J connectivity index is 2.35. The van der Waals surface area contributed by atoms with Gasteiger partial charge in [0, 0.05) is 10.5 Å². The zero-order valence-electron chi connectivity index (χ0n) is 10.9. The van der Waals surface area contributed by atoms with E-state index in [1.165, 1.54) is 13.2 Å². The molecule has 21 heavy (non-hydrogen) atoms. The molecular weight excluding hydrogens is 346 g/mol. The summed E-state index contributed by atoms with van der Waals surface area (Å²) in [5, 5.41) is 2.32. The van der Waals surface area contributed by atoms with Gasteiger partial charge in [0.2, 0.25) is 0 Å². The molecule has 7 heteroatoms. The minimum Gasteiger partial charge on any atom is -0.496 e. The molecule has 0 aliphatic rings. The predicted molar refractivity (Wildman–Crippen MR) is 79.4 cm³/mol. The van der Waals surface area contributed by atoms with E-state index in [2.05, 4.69) is 21.2 Å². The fourth-order valence-electron chi connectivity index (χ4n) is 1.76. The van der Waals surface area contributed by atoms with Gasteiger partial charge >= 0.3 is 0 Å². The molecular formula is C14H11BrF2N2O2. The van der Waals surface area contributed by atoms with Gasteiger partial charge in [-0.25, -0.2) is 8.78 Å². The van der Waals surface area contributed by atoms with Crippen LogP contribution in [0.5, 0.6) is 5.75 Å². The Bertz CT molecular complexity index is 684. The quantitative estimate of drug-likeness (QED) is 0.826. The van der Waals surface area contributed by atoms with Crippen LogP contribution in [-0.4, -0.2) is 13.0 Å². The van der Waals surface area contributed by atoms with Gasteiger partial charge in [-0.15, -0.1) is 0 Å². The van der Waals surface area contributed by atoms with E-state index in [-0.39, 0.29) is 16.9 Å². The van der Waals surface area contributed by atoms with Crippen LogP contribution in [0.25, 0.3) is 0 Å². The zero-order valence-corrected chi connectivity index (χ0v) is 12.5. The number of carbonyl (C=O) groups excluding carboxylic acids is 1. The first-order valence-corrected chi connectivity index (χ1v) is 6.61. The third-order valence-electron chi connectivity index (χ3n) is 2.73. The molecule has 2 aromatic rings. The molecule has 0 heterocycles. The Kier molecular flexibility index (Phi) is 4.42. The summed E-state index contributed by atoms with van der Waals surface area (Å²) in [6.07, 6.45) is 0. The summed E-state index contributed by atoms with van der Waals surface area (Å²) in [6, 6.07) is 6.32. The van der Waals surface area contributed by atoms with Crippen LogP contribution in [0.2, 0.25) is 0 Å². The molecule has 0 saturated carbocycles. The maximum absolute atomic E-state index is 13.7. The first-order valence-electron chi connectivity index (χ1n) is 5.81. The Labute approximate surface area is 128 Å². The van der Waals surface area contributed by atoms with Gasteiger partial charge in [0.15, 0.2) is 5.82 Å². The highest BCUT2D eigenvalue weighted by atomic mass is 79.9. The molecule has 0 aromatic heterocycles. The van der Waals surface area contributed by atoms with Crippen LogP contribution in [0.1, 0.15) is 10.4 Å². The average molecular weight is 357 g/mol. The van der Waals surface area contributed by atoms with Crippen molar-refractivity contribution in [2.75, 3.05) is 18.2 Å². The largest absolute Gasteiger partial charge is 0.496 e. The second-order valence-corrected chi connectivity index (χ2v) is 5.07. The number of anilines is 2. The number of ether oxygens (including phenoxy) is 1. The van der Waals surface area contributed by atoms with Gasteiger partial charge in [-0.05, 0) is 24.3 Å². The van der Waals surface area contributed by atoms with Crippen LogP contribution >= 0.6 is 15.9 Å². The molecule has 110 valence electrons. The number of amides is 1. The summed E-state index contributed by atoms with van der Waals surface area (Å²) in [6.45, 7) is 0. The number of hydrogen-bond donors (Lipinski definition) is 2. The highest BCUT2D eigenvalue weighted by Crippen LogP contribution is 2.27. The lowest BCUT2D eigenvalue weighted by atomic mass is 10.1. The molecule has 1 amide bonds. The molecule has 0 bridgehead atoms. The van der Waals surface area contributed by atoms with Gasteiger partial charge in [-0.3, -0.25) is 4.79 Å². The number of rotatable bonds is 3. The summed E-state index contributed by atoms with van der Waals surface area (Å²) in [5.41, 5.74) is 5.24. The first kappa shape index (κ1) is 15.2. The van der Waals surface area contributed by atoms with Crippen molar-refractivity contribution in [1.82, 2.24) is 0 Å². The Morgan fingerprint density at radius 3 is 2.62 bits per heavy atom. The highest BCUT2D eigenvalue weighted by Gasteiger charge is 2.17. The van der Waals surface area contributed by atoms with Crippen LogP contribution in [0.3, 0.4) is 0 Å². The number of halogens is 3. The SMILES string of the molecule is COc1cc(Br)ccc1C(=O)Nc1c(N)cc(F)cc1F. The summed E-state index contributed by atoms with van der Waals surface area (Å²) >= 11 is 3.25. The Morgan fingerprint density at radius 2 is 2.00 bits per heavy atom. The maximum Gasteiger partial charge on any atom is 0.259 e. The fraction of sp³-hybridized carbons (Fsp3) is 0.0714. The van der Waals surface area contributed by atoms with Crippen molar-refractivity contribution in [3.63, 3.8) is 0 Å². The fourth-order valence-corrected chi connectivity index (χ4v) is 2.10. The summed E-state index contributed by atoms with van der Waals surface area (Å²) < 4.78 is 32.4. The van der Waals surface area contributed by atoms with Crippen molar-refractivity contribution < 1.29 is 18.3 Å². The number of nitrogens with one attached hydrogen (secondary N) is 1. The number of methoxy groups -OCH3 is 1. The van der Waals surface area contributed by atoms with Gasteiger partial charge in [-0.1, -0.05) is 15.9 Å². The molecule has 4 nitrogen and oxygen atoms in total. The Hall–Kier alpha value is -2.15. The smallest absolute Gasteiger partial charge is 0.259 e. The molecule has 3 N–H and O–H groups in total. The number of nitrogen functional groups attached to an aromatic ring is 1. The van der Waals surface area contributed by atoms with Crippen LogP contribution in [0.15, 0.2) is 34.8 Å². The number of carbonyl (C=O) groups is 1. The lowest BCUT2D eigenvalue weighted by molar-refractivity contribution is 0.102. The normalized spacial score (nSPS) is 10.3. The molecule has 2 aromatic carbocycles. The lowest BCUT2D eigenvalue weighted by Gasteiger charge is -2.12. The minimum absolute atomic E-state index is 0.197. The third-order valence-corrected chi connectivity index (χ3v) is 3.23. The van der Waals surface area contributed by atoms with Gasteiger partial charge in [0.1, 0.15) is 17.3 Å². The second-order valence-electron chi connectivity index (χ2n) is 4.15. The monoisotopic (exact) mass is 356 g/mol. The lowest BCUT2D eigenvalue weighted by Crippen LogP contribution is -2.15. The topological polar surface area (TPSA) is 64.3 Å². The number of nitrogens with two attached hydrogens (primary N) is 1. The van der Waals surface area contributed by atoms with Crippen LogP contribution in [-0.2, 0) is 0 Å². The van der Waals surface area contributed by atoms with E-state index >= 15 is 0 Å². The molecule has 0 spiro atoms. The molecule has 0 aliphatic carbocycles. The average Bonchev–Trinajstić information content (AvgIpc) is 2.42. The van der Waals surface area contributed by atoms with E-state index in [0.29, 0.717) is 11.8 Å². The van der Waals surface area contributed by atoms with Crippen molar-refractivity contribution >= 4 is 33.2 Å². The summed E-state index contributed by atoms with van der Waals surface area (Å²) in [5.74, 6) is -2.07. The van der Waals surface area contributed by atoms with Gasteiger partial charge in [0.05, 0.1) is 18.4 Å². The number of hydrogen-bond acceptors (Lipinski definition) is 3. The van der Waals surface area contributed by atoms with Gasteiger partial charge in [0.25, 0.3) is 5.91 Å². The third kappa shape index (κ3) is 3.30. The van der Waals surface area contributed by atoms with Crippen molar-refractivity contribution in [2.45, 2.75) is 0 Å². The second kappa shape index (κ2) is 6.09. The van der Waals surface area contributed by atoms with E-state index in [4.69, 9.17) is 10.5 Å². The Morgan fingerprint density at radius 1 is 1.29 bits per heavy atom. The van der Waals surface area contributed by atoms with Gasteiger partial charge < -0.3 is 15.8 Å². The van der Waals surface area contributed by atoms with Crippen molar-refractivity contribution in [3.05, 3.63) is 52.0 Å². The van der Waals surface area contributed by atoms with E-state index < -0.39 is 17.5 Å². The van der Waals surface area contributed by atoms with Crippen molar-refractivity contribution in [3.8, 4) is 5.75 Å². The predicted octanol–water partition coefficient (Wildman–Crippen LogP) is 3.57. The molecule has 0 atom stereocenters. The maximum atomic E-state index is 13.7. The van der Waals surface area contributed by atoms with Crippen LogP contribution in [0, 0.1) is 11.6 Å². The first-order chi connectivity index (χ1) is 9.92. The zero-order chi connectivity index (χ0) is 15.6. The highest BCUT2D eigenvalue weighted by molar-refractivity contribution is 9.10. The van der Waals surface area contributed by atoms with E-state index in [9.17, 15) is 13.6 Å². The van der Waals surface area contributed by atoms with Crippen molar-refractivity contribution in [1.29, 1.82) is 0 Å². The van der Waals surface area contributed by atoms with E-state index in [1.54, 1.807) is 12.1 Å². The van der Waals surface area contributed by atoms with Crippen molar-refractivity contribution in [2.24, 2.45) is 0 Å². The molecule has 0 fully saturated rings. The number of benzene rings is 2. The van der Waals surface area contributed by atoms with Crippen LogP contribution < -0.4 is 15.8 Å². The minimum atomic E-state index is -0.947. The molecule has 0 saturated heterocycles. The molecule has 0 unspecified atom stereocenters.